The van der Waals surface area contributed by atoms with Crippen molar-refractivity contribution < 1.29 is 44.0 Å². The van der Waals surface area contributed by atoms with Crippen LogP contribution in [0.3, 0.4) is 0 Å². The summed E-state index contributed by atoms with van der Waals surface area (Å²) in [5, 5.41) is 33.1. The van der Waals surface area contributed by atoms with Crippen LogP contribution >= 0.6 is 12.4 Å². The van der Waals surface area contributed by atoms with E-state index < -0.39 is 11.7 Å². The van der Waals surface area contributed by atoms with E-state index in [1.807, 2.05) is 66.7 Å². The Balaban J connectivity index is 0.000000230. The van der Waals surface area contributed by atoms with E-state index in [-0.39, 0.29) is 146 Å². The number of rotatable bonds is 7. The number of amides is 1. The minimum atomic E-state index is -0.574. The molecule has 6 saturated carbocycles. The monoisotopic (exact) mass is 1180 g/mol. The van der Waals surface area contributed by atoms with E-state index in [9.17, 15) is 39.3 Å². The molecule has 0 bridgehead atoms. The van der Waals surface area contributed by atoms with E-state index >= 15 is 0 Å². The number of carbonyl (C=O) groups excluding carboxylic acids is 5. The average Bonchev–Trinajstić information content (AvgIpc) is 0.836. The Kier molecular flexibility index (Phi) is 21.3. The van der Waals surface area contributed by atoms with Crippen LogP contribution in [0.15, 0.2) is 54.6 Å². The number of aromatic hydroxyl groups is 3. The van der Waals surface area contributed by atoms with Gasteiger partial charge >= 0.3 is 6.09 Å². The molecule has 0 aliphatic heterocycles. The molecule has 6 fully saturated rings. The SMILES string of the molecule is C.Cc1cc(O)cc(C(=O)[C@H]2C(C)C(N)C[C@H]3C(C)(C)CCC[C@]23C)c1.Cc1cc(O)cc(C(=O)[C@H]2C(C)C(NC(=O)OC(C)(C)C)C[C@H]3C(C)(C)CCC[C@]23C)c1.Cc1cc(O)cc(C(=O)[C@H]2[C@H](C)C(=O)C[C@H]3C(C)(C)CCC[C@]23C)c1.Cl. The normalized spacial score (nSPS) is 33.6. The third-order valence-corrected chi connectivity index (χ3v) is 22.3. The van der Waals surface area contributed by atoms with Crippen molar-refractivity contribution in [3.8, 4) is 17.2 Å². The first kappa shape index (κ1) is 70.0. The zero-order chi connectivity index (χ0) is 61.2. The number of ketones is 4. The minimum absolute atomic E-state index is 0. The van der Waals surface area contributed by atoms with E-state index in [1.54, 1.807) is 36.4 Å². The highest BCUT2D eigenvalue weighted by Gasteiger charge is 2.61. The van der Waals surface area contributed by atoms with Crippen molar-refractivity contribution >= 4 is 41.6 Å². The highest BCUT2D eigenvalue weighted by molar-refractivity contribution is 6.03. The summed E-state index contributed by atoms with van der Waals surface area (Å²) in [7, 11) is 0. The van der Waals surface area contributed by atoms with Gasteiger partial charge in [-0.1, -0.05) is 110 Å². The third-order valence-electron chi connectivity index (χ3n) is 22.3. The maximum absolute atomic E-state index is 14.0. The van der Waals surface area contributed by atoms with Crippen molar-refractivity contribution in [2.24, 2.45) is 91.5 Å². The molecule has 0 heterocycles. The molecule has 11 nitrogen and oxygen atoms in total. The van der Waals surface area contributed by atoms with E-state index in [0.717, 1.165) is 74.5 Å². The summed E-state index contributed by atoms with van der Waals surface area (Å²) in [4.78, 5) is 66.4. The van der Waals surface area contributed by atoms with Gasteiger partial charge in [0.25, 0.3) is 0 Å². The molecule has 6 N–H and O–H groups in total. The van der Waals surface area contributed by atoms with Gasteiger partial charge in [0.15, 0.2) is 17.3 Å². The van der Waals surface area contributed by atoms with Crippen LogP contribution < -0.4 is 11.1 Å². The molecule has 4 unspecified atom stereocenters. The number of aryl methyl sites for hydroxylation is 3. The fourth-order valence-corrected chi connectivity index (χ4v) is 18.6. The number of hydrogen-bond acceptors (Lipinski definition) is 10. The molecule has 84 heavy (non-hydrogen) atoms. The second kappa shape index (κ2) is 25.5. The van der Waals surface area contributed by atoms with E-state index in [0.29, 0.717) is 34.9 Å². The van der Waals surface area contributed by atoms with Crippen LogP contribution in [0, 0.1) is 107 Å². The fourth-order valence-electron chi connectivity index (χ4n) is 18.6. The maximum atomic E-state index is 14.0. The van der Waals surface area contributed by atoms with Crippen molar-refractivity contribution in [2.75, 3.05) is 0 Å². The molecular formula is C72H109ClN2O9. The quantitative estimate of drug-likeness (QED) is 0.142. The molecule has 6 aliphatic carbocycles. The second-order valence-electron chi connectivity index (χ2n) is 31.0. The van der Waals surface area contributed by atoms with Crippen molar-refractivity contribution in [1.82, 2.24) is 5.32 Å². The van der Waals surface area contributed by atoms with Crippen LogP contribution in [0.2, 0.25) is 0 Å². The Bertz CT molecular complexity index is 2840. The number of fused-ring (bicyclic) bond motifs is 3. The number of benzene rings is 3. The second-order valence-corrected chi connectivity index (χ2v) is 31.0. The van der Waals surface area contributed by atoms with Crippen LogP contribution in [0.5, 0.6) is 17.2 Å². The van der Waals surface area contributed by atoms with Crippen LogP contribution in [-0.2, 0) is 9.53 Å². The lowest BCUT2D eigenvalue weighted by molar-refractivity contribution is -0.143. The summed E-state index contributed by atoms with van der Waals surface area (Å²) in [5.74, 6) is 1.08. The number of carbonyl (C=O) groups is 5. The topological polar surface area (TPSA) is 193 Å². The average molecular weight is 1180 g/mol. The Morgan fingerprint density at radius 1 is 0.536 bits per heavy atom. The van der Waals surface area contributed by atoms with Gasteiger partial charge in [0.05, 0.1) is 0 Å². The molecule has 0 spiro atoms. The molecule has 14 atom stereocenters. The smallest absolute Gasteiger partial charge is 0.407 e. The number of phenolic OH excluding ortho intramolecular Hbond substituents is 3. The number of nitrogens with two attached hydrogens (primary N) is 1. The number of nitrogens with one attached hydrogen (secondary N) is 1. The first-order chi connectivity index (χ1) is 37.8. The zero-order valence-electron chi connectivity index (χ0n) is 53.8. The number of ether oxygens (including phenoxy) is 1. The molecule has 0 aromatic heterocycles. The van der Waals surface area contributed by atoms with E-state index in [2.05, 4.69) is 81.5 Å². The molecule has 12 heteroatoms. The lowest BCUT2D eigenvalue weighted by Crippen LogP contribution is -2.60. The predicted octanol–water partition coefficient (Wildman–Crippen LogP) is 17.0. The van der Waals surface area contributed by atoms with Crippen molar-refractivity contribution in [2.45, 2.75) is 227 Å². The summed E-state index contributed by atoms with van der Waals surface area (Å²) in [6.07, 6.45) is 11.9. The molecule has 3 aromatic rings. The zero-order valence-corrected chi connectivity index (χ0v) is 54.6. The highest BCUT2D eigenvalue weighted by atomic mass is 35.5. The first-order valence-electron chi connectivity index (χ1n) is 31.1. The van der Waals surface area contributed by atoms with Crippen molar-refractivity contribution in [1.29, 1.82) is 0 Å². The van der Waals surface area contributed by atoms with E-state index in [1.165, 1.54) is 12.8 Å². The summed E-state index contributed by atoms with van der Waals surface area (Å²) < 4.78 is 5.55. The maximum Gasteiger partial charge on any atom is 0.407 e. The van der Waals surface area contributed by atoms with Crippen LogP contribution in [0.4, 0.5) is 4.79 Å². The molecular weight excluding hydrogens is 1070 g/mol. The molecule has 0 radical (unpaired) electrons. The van der Waals surface area contributed by atoms with Crippen molar-refractivity contribution in [3.05, 3.63) is 88.0 Å². The van der Waals surface area contributed by atoms with Crippen LogP contribution in [0.1, 0.15) is 236 Å². The minimum Gasteiger partial charge on any atom is -0.508 e. The number of hydrogen-bond donors (Lipinski definition) is 5. The standard InChI is InChI=1S/C27H41NO4.C22H33NO2.C22H30O3.CH4.ClH/c1-16-12-18(14-19(29)13-16)23(30)22-17(2)20(28-24(31)32-25(3,4)5)15-21-26(6,7)10-9-11-27(21,22)8;1-13-9-15(11-16(24)10-13)20(25)19-14(2)17(23)12-18-21(3,4)7-6-8-22(18,19)5;1-13-9-15(11-16(23)10-13)20(25)19-14(2)17(24)12-18-21(3,4)7-6-8-22(18,19)5;;/h12-14,17,20-22,29H,9-11,15H2,1-8H3,(H,28,31);9-11,14,17-19,24H,6-8,12,23H2,1-5H3;9-11,14,18-19,23H,6-8,12H2,1-5H3;1H4;1H/t17?,20?,21-,22+,27-;14?,17?,18-,19+,22-;14-,18+,19-,22+;;/m001../s1. The summed E-state index contributed by atoms with van der Waals surface area (Å²) in [6.45, 7) is 38.0. The van der Waals surface area contributed by atoms with Gasteiger partial charge in [-0.2, -0.15) is 0 Å². The Morgan fingerprint density at radius 3 is 1.26 bits per heavy atom. The summed E-state index contributed by atoms with van der Waals surface area (Å²) in [6, 6.07) is 15.3. The van der Waals surface area contributed by atoms with Gasteiger partial charge in [-0.15, -0.1) is 12.4 Å². The van der Waals surface area contributed by atoms with Crippen LogP contribution in [-0.4, -0.2) is 62.2 Å². The molecule has 468 valence electrons. The fraction of sp³-hybridized carbons (Fsp3) is 0.681. The number of Topliss-reactive ketones (excluding diaryl/α,β-unsaturated/α-hetero) is 4. The van der Waals surface area contributed by atoms with E-state index in [4.69, 9.17) is 10.5 Å². The first-order valence-corrected chi connectivity index (χ1v) is 31.1. The molecule has 3 aromatic carbocycles. The Hall–Kier alpha value is -4.74. The van der Waals surface area contributed by atoms with Gasteiger partial charge in [0.1, 0.15) is 28.6 Å². The van der Waals surface area contributed by atoms with Gasteiger partial charge in [-0.05, 0) is 226 Å². The highest BCUT2D eigenvalue weighted by Crippen LogP contribution is 2.64. The predicted molar refractivity (Wildman–Crippen MR) is 341 cm³/mol. The third kappa shape index (κ3) is 14.1. The van der Waals surface area contributed by atoms with Gasteiger partial charge in [-0.3, -0.25) is 19.2 Å². The Morgan fingerprint density at radius 2 is 0.881 bits per heavy atom. The lowest BCUT2D eigenvalue weighted by atomic mass is 9.45. The number of halogens is 1. The van der Waals surface area contributed by atoms with Gasteiger partial charge < -0.3 is 31.1 Å². The van der Waals surface area contributed by atoms with Crippen molar-refractivity contribution in [3.63, 3.8) is 0 Å². The molecule has 0 saturated heterocycles. The van der Waals surface area contributed by atoms with Gasteiger partial charge in [0, 0.05) is 58.9 Å². The van der Waals surface area contributed by atoms with Gasteiger partial charge in [-0.25, -0.2) is 4.79 Å². The molecule has 9 rings (SSSR count). The molecule has 1 amide bonds. The lowest BCUT2D eigenvalue weighted by Gasteiger charge is -2.60. The summed E-state index contributed by atoms with van der Waals surface area (Å²) in [5.41, 5.74) is 10.4. The number of alkyl carbamates (subject to hydrolysis) is 1. The Labute approximate surface area is 512 Å². The van der Waals surface area contributed by atoms with Crippen LogP contribution in [0.25, 0.3) is 0 Å². The summed E-state index contributed by atoms with van der Waals surface area (Å²) >= 11 is 0. The van der Waals surface area contributed by atoms with Gasteiger partial charge in [0.2, 0.25) is 0 Å². The molecule has 6 aliphatic rings. The number of phenols is 3. The largest absolute Gasteiger partial charge is 0.508 e.